The Morgan fingerprint density at radius 1 is 1.67 bits per heavy atom. The third-order valence-corrected chi connectivity index (χ3v) is 3.66. The van der Waals surface area contributed by atoms with Crippen LogP contribution in [-0.4, -0.2) is 11.9 Å². The lowest BCUT2D eigenvalue weighted by Gasteiger charge is -2.25. The van der Waals surface area contributed by atoms with Crippen LogP contribution in [0.4, 0.5) is 4.39 Å². The molecule has 2 atom stereocenters. The smallest absolute Gasteiger partial charge is 0.102 e. The molecule has 0 spiro atoms. The Labute approximate surface area is 78.6 Å². The zero-order valence-electron chi connectivity index (χ0n) is 8.01. The fraction of sp³-hybridized carbons (Fsp3) is 0.800. The van der Waals surface area contributed by atoms with Gasteiger partial charge < -0.3 is 0 Å². The summed E-state index contributed by atoms with van der Waals surface area (Å²) in [6.07, 6.45) is 3.29. The minimum atomic E-state index is -0.181. The molecule has 0 aromatic carbocycles. The number of alkyl halides is 1. The first-order valence-electron chi connectivity index (χ1n) is 4.57. The predicted octanol–water partition coefficient (Wildman–Crippen LogP) is 3.64. The molecule has 1 rings (SSSR count). The third kappa shape index (κ3) is 2.51. The summed E-state index contributed by atoms with van der Waals surface area (Å²) in [5.74, 6) is 1.12. The Morgan fingerprint density at radius 3 is 2.83 bits per heavy atom. The third-order valence-electron chi connectivity index (χ3n) is 2.13. The Balaban J connectivity index is 2.62. The Hall–Kier alpha value is 0.0200. The maximum Gasteiger partial charge on any atom is 0.102 e. The van der Waals surface area contributed by atoms with Crippen LogP contribution in [0.1, 0.15) is 27.2 Å². The summed E-state index contributed by atoms with van der Waals surface area (Å²) in [5, 5.41) is 0.211. The van der Waals surface area contributed by atoms with Crippen LogP contribution >= 0.6 is 11.8 Å². The van der Waals surface area contributed by atoms with E-state index in [1.807, 2.05) is 0 Å². The summed E-state index contributed by atoms with van der Waals surface area (Å²) < 4.78 is 12.4. The van der Waals surface area contributed by atoms with Crippen LogP contribution in [0.15, 0.2) is 11.0 Å². The Morgan fingerprint density at radius 2 is 2.33 bits per heavy atom. The highest BCUT2D eigenvalue weighted by molar-refractivity contribution is 8.03. The second-order valence-electron chi connectivity index (χ2n) is 3.83. The lowest BCUT2D eigenvalue weighted by Crippen LogP contribution is -2.16. The lowest BCUT2D eigenvalue weighted by molar-refractivity contribution is 0.447. The van der Waals surface area contributed by atoms with Crippen LogP contribution in [0.3, 0.4) is 0 Å². The van der Waals surface area contributed by atoms with E-state index in [-0.39, 0.29) is 11.9 Å². The molecule has 0 N–H and O–H groups in total. The molecular weight excluding hydrogens is 171 g/mol. The number of hydrogen-bond donors (Lipinski definition) is 0. The standard InChI is InChI=1S/C10H17FS/c1-7(2)10-5-8(3)4-9(6-11)12-10/h5,7-9H,4,6H2,1-3H3/t8-,9?/m0/s1. The normalized spacial score (nSPS) is 30.6. The molecule has 0 amide bonds. The van der Waals surface area contributed by atoms with Gasteiger partial charge in [-0.2, -0.15) is 0 Å². The molecule has 0 fully saturated rings. The fourth-order valence-electron chi connectivity index (χ4n) is 1.47. The fourth-order valence-corrected chi connectivity index (χ4v) is 2.90. The summed E-state index contributed by atoms with van der Waals surface area (Å²) in [7, 11) is 0. The van der Waals surface area contributed by atoms with Crippen LogP contribution < -0.4 is 0 Å². The molecule has 0 aromatic rings. The maximum atomic E-state index is 12.4. The highest BCUT2D eigenvalue weighted by Crippen LogP contribution is 2.37. The van der Waals surface area contributed by atoms with E-state index in [9.17, 15) is 4.39 Å². The van der Waals surface area contributed by atoms with E-state index in [4.69, 9.17) is 0 Å². The number of allylic oxidation sites excluding steroid dienone is 2. The molecule has 1 aliphatic rings. The number of halogens is 1. The van der Waals surface area contributed by atoms with Crippen molar-refractivity contribution in [2.75, 3.05) is 6.67 Å². The van der Waals surface area contributed by atoms with Gasteiger partial charge in [0, 0.05) is 5.25 Å². The summed E-state index contributed by atoms with van der Waals surface area (Å²) in [6.45, 7) is 6.34. The van der Waals surface area contributed by atoms with Crippen LogP contribution in [0.5, 0.6) is 0 Å². The molecule has 70 valence electrons. The van der Waals surface area contributed by atoms with Crippen LogP contribution in [0, 0.1) is 11.8 Å². The van der Waals surface area contributed by atoms with Gasteiger partial charge in [0.05, 0.1) is 0 Å². The number of hydrogen-bond acceptors (Lipinski definition) is 1. The van der Waals surface area contributed by atoms with Gasteiger partial charge in [0.2, 0.25) is 0 Å². The molecule has 1 unspecified atom stereocenters. The lowest BCUT2D eigenvalue weighted by atomic mass is 10.0. The summed E-state index contributed by atoms with van der Waals surface area (Å²) in [5.41, 5.74) is 0. The molecule has 0 aliphatic carbocycles. The van der Waals surface area contributed by atoms with Gasteiger partial charge in [0.1, 0.15) is 6.67 Å². The van der Waals surface area contributed by atoms with Crippen molar-refractivity contribution in [3.63, 3.8) is 0 Å². The topological polar surface area (TPSA) is 0 Å². The first kappa shape index (κ1) is 10.1. The first-order chi connectivity index (χ1) is 5.63. The van der Waals surface area contributed by atoms with Gasteiger partial charge in [-0.25, -0.2) is 4.39 Å². The van der Waals surface area contributed by atoms with Gasteiger partial charge in [0.15, 0.2) is 0 Å². The van der Waals surface area contributed by atoms with E-state index >= 15 is 0 Å². The molecule has 12 heavy (non-hydrogen) atoms. The second kappa shape index (κ2) is 4.31. The van der Waals surface area contributed by atoms with Crippen LogP contribution in [0.2, 0.25) is 0 Å². The average molecular weight is 188 g/mol. The Kier molecular flexibility index (Phi) is 3.63. The highest BCUT2D eigenvalue weighted by atomic mass is 32.2. The summed E-state index contributed by atoms with van der Waals surface area (Å²) in [4.78, 5) is 1.37. The van der Waals surface area contributed by atoms with Crippen molar-refractivity contribution >= 4 is 11.8 Å². The van der Waals surface area contributed by atoms with Crippen molar-refractivity contribution in [2.45, 2.75) is 32.4 Å². The predicted molar refractivity (Wildman–Crippen MR) is 54.1 cm³/mol. The molecular formula is C10H17FS. The van der Waals surface area contributed by atoms with Gasteiger partial charge >= 0.3 is 0 Å². The molecule has 0 saturated carbocycles. The van der Waals surface area contributed by atoms with E-state index in [2.05, 4.69) is 26.8 Å². The monoisotopic (exact) mass is 188 g/mol. The maximum absolute atomic E-state index is 12.4. The van der Waals surface area contributed by atoms with E-state index in [0.29, 0.717) is 11.8 Å². The van der Waals surface area contributed by atoms with Crippen molar-refractivity contribution in [1.82, 2.24) is 0 Å². The van der Waals surface area contributed by atoms with Gasteiger partial charge in [-0.1, -0.05) is 26.8 Å². The van der Waals surface area contributed by atoms with Crippen LogP contribution in [-0.2, 0) is 0 Å². The van der Waals surface area contributed by atoms with Crippen molar-refractivity contribution in [1.29, 1.82) is 0 Å². The van der Waals surface area contributed by atoms with Crippen molar-refractivity contribution < 1.29 is 4.39 Å². The van der Waals surface area contributed by atoms with Gasteiger partial charge in [-0.15, -0.1) is 11.8 Å². The van der Waals surface area contributed by atoms with Crippen LogP contribution in [0.25, 0.3) is 0 Å². The summed E-state index contributed by atoms with van der Waals surface area (Å²) >= 11 is 1.73. The van der Waals surface area contributed by atoms with E-state index in [0.717, 1.165) is 6.42 Å². The van der Waals surface area contributed by atoms with E-state index < -0.39 is 0 Å². The quantitative estimate of drug-likeness (QED) is 0.637. The molecule has 0 nitrogen and oxygen atoms in total. The van der Waals surface area contributed by atoms with Crippen molar-refractivity contribution in [3.8, 4) is 0 Å². The van der Waals surface area contributed by atoms with Gasteiger partial charge in [-0.3, -0.25) is 0 Å². The minimum absolute atomic E-state index is 0.181. The molecule has 1 heterocycles. The zero-order valence-corrected chi connectivity index (χ0v) is 8.83. The molecule has 0 radical (unpaired) electrons. The molecule has 1 aliphatic heterocycles. The second-order valence-corrected chi connectivity index (χ2v) is 5.20. The minimum Gasteiger partial charge on any atom is -0.250 e. The zero-order chi connectivity index (χ0) is 9.14. The van der Waals surface area contributed by atoms with Gasteiger partial charge in [0.25, 0.3) is 0 Å². The molecule has 0 saturated heterocycles. The van der Waals surface area contributed by atoms with Crippen molar-refractivity contribution in [3.05, 3.63) is 11.0 Å². The molecule has 2 heteroatoms. The number of rotatable bonds is 2. The van der Waals surface area contributed by atoms with E-state index in [1.165, 1.54) is 4.91 Å². The van der Waals surface area contributed by atoms with Crippen molar-refractivity contribution in [2.24, 2.45) is 11.8 Å². The van der Waals surface area contributed by atoms with E-state index in [1.54, 1.807) is 11.8 Å². The molecule has 0 aromatic heterocycles. The number of thioether (sulfide) groups is 1. The molecule has 0 bridgehead atoms. The Bertz CT molecular complexity index is 175. The van der Waals surface area contributed by atoms with Gasteiger partial charge in [-0.05, 0) is 23.2 Å². The summed E-state index contributed by atoms with van der Waals surface area (Å²) in [6, 6.07) is 0. The SMILES string of the molecule is CC(C)C1=C[C@@H](C)CC(CF)S1. The highest BCUT2D eigenvalue weighted by Gasteiger charge is 2.21. The first-order valence-corrected chi connectivity index (χ1v) is 5.45. The largest absolute Gasteiger partial charge is 0.250 e. The average Bonchev–Trinajstić information content (AvgIpc) is 2.03.